The van der Waals surface area contributed by atoms with Gasteiger partial charge in [0.2, 0.25) is 5.95 Å². The van der Waals surface area contributed by atoms with Crippen LogP contribution in [0.1, 0.15) is 19.4 Å². The summed E-state index contributed by atoms with van der Waals surface area (Å²) in [5.41, 5.74) is -0.0895. The molecule has 10 heteroatoms. The average molecular weight is 476 g/mol. The second-order valence-corrected chi connectivity index (χ2v) is 8.54. The van der Waals surface area contributed by atoms with Crippen LogP contribution < -0.4 is 21.4 Å². The van der Waals surface area contributed by atoms with Gasteiger partial charge in [0.25, 0.3) is 0 Å². The molecule has 2 aromatic carbocycles. The fourth-order valence-corrected chi connectivity index (χ4v) is 3.21. The summed E-state index contributed by atoms with van der Waals surface area (Å²) >= 11 is 5.97. The van der Waals surface area contributed by atoms with Crippen molar-refractivity contribution in [1.29, 1.82) is 0 Å². The Hall–Kier alpha value is -3.17. The quantitative estimate of drug-likeness (QED) is 0.511. The second kappa shape index (κ2) is 10.6. The molecule has 1 aromatic heterocycles. The molecule has 0 aliphatic rings. The predicted octanol–water partition coefficient (Wildman–Crippen LogP) is 3.34. The third kappa shape index (κ3) is 6.43. The molecule has 0 unspecified atom stereocenters. The first-order valence-electron chi connectivity index (χ1n) is 10.5. The van der Waals surface area contributed by atoms with Gasteiger partial charge in [-0.3, -0.25) is 4.57 Å². The maximum atomic E-state index is 14.5. The molecule has 3 rings (SSSR count). The third-order valence-corrected chi connectivity index (χ3v) is 4.98. The van der Waals surface area contributed by atoms with E-state index in [0.29, 0.717) is 17.3 Å². The summed E-state index contributed by atoms with van der Waals surface area (Å²) in [5, 5.41) is 3.47. The molecule has 3 aromatic rings. The highest BCUT2D eigenvalue weighted by Crippen LogP contribution is 2.24. The van der Waals surface area contributed by atoms with Crippen molar-refractivity contribution in [2.75, 3.05) is 26.0 Å². The highest BCUT2D eigenvalue weighted by molar-refractivity contribution is 6.30. The van der Waals surface area contributed by atoms with Crippen LogP contribution in [-0.2, 0) is 13.1 Å². The highest BCUT2D eigenvalue weighted by Gasteiger charge is 2.15. The summed E-state index contributed by atoms with van der Waals surface area (Å²) in [6.45, 7) is 4.43. The number of nitrogens with zero attached hydrogens (tertiary/aromatic N) is 4. The zero-order valence-electron chi connectivity index (χ0n) is 19.0. The molecule has 1 heterocycles. The molecule has 0 spiro atoms. The summed E-state index contributed by atoms with van der Waals surface area (Å²) < 4.78 is 22.3. The van der Waals surface area contributed by atoms with Crippen LogP contribution in [-0.4, -0.2) is 45.8 Å². The Labute approximate surface area is 196 Å². The minimum absolute atomic E-state index is 0.0120. The lowest BCUT2D eigenvalue weighted by Crippen LogP contribution is -2.44. The molecule has 0 aliphatic heterocycles. The summed E-state index contributed by atoms with van der Waals surface area (Å²) in [6.07, 6.45) is -0.181. The zero-order chi connectivity index (χ0) is 24.1. The molecule has 8 nitrogen and oxygen atoms in total. The van der Waals surface area contributed by atoms with Crippen molar-refractivity contribution in [3.05, 3.63) is 79.8 Å². The van der Waals surface area contributed by atoms with Gasteiger partial charge in [-0.1, -0.05) is 23.7 Å². The SMILES string of the molecule is CC(C)Oc1ccc(Nc2nc(=O)n(CCN(C)C)c(=O)n2Cc2ccc(Cl)cc2)cc1F. The van der Waals surface area contributed by atoms with E-state index in [9.17, 15) is 14.0 Å². The molecule has 1 N–H and O–H groups in total. The van der Waals surface area contributed by atoms with Gasteiger partial charge in [-0.05, 0) is 57.8 Å². The number of aromatic nitrogens is 3. The molecule has 0 saturated carbocycles. The van der Waals surface area contributed by atoms with Crippen LogP contribution in [0.25, 0.3) is 0 Å². The monoisotopic (exact) mass is 475 g/mol. The van der Waals surface area contributed by atoms with E-state index in [-0.39, 0.29) is 30.9 Å². The van der Waals surface area contributed by atoms with Crippen molar-refractivity contribution >= 4 is 23.2 Å². The molecule has 0 saturated heterocycles. The van der Waals surface area contributed by atoms with Crippen molar-refractivity contribution < 1.29 is 9.13 Å². The number of hydrogen-bond acceptors (Lipinski definition) is 6. The van der Waals surface area contributed by atoms with Gasteiger partial charge in [0.15, 0.2) is 11.6 Å². The number of hydrogen-bond donors (Lipinski definition) is 1. The first-order chi connectivity index (χ1) is 15.6. The molecule has 0 radical (unpaired) electrons. The lowest BCUT2D eigenvalue weighted by atomic mass is 10.2. The van der Waals surface area contributed by atoms with E-state index < -0.39 is 17.2 Å². The smallest absolute Gasteiger partial charge is 0.354 e. The van der Waals surface area contributed by atoms with Crippen molar-refractivity contribution in [2.45, 2.75) is 33.0 Å². The molecule has 176 valence electrons. The molecule has 0 aliphatic carbocycles. The molecule has 0 amide bonds. The Morgan fingerprint density at radius 3 is 2.42 bits per heavy atom. The van der Waals surface area contributed by atoms with Gasteiger partial charge in [-0.15, -0.1) is 0 Å². The molecule has 0 fully saturated rings. The van der Waals surface area contributed by atoms with Crippen LogP contribution in [0, 0.1) is 5.82 Å². The standard InChI is InChI=1S/C23H27ClFN5O3/c1-15(2)33-20-10-9-18(13-19(20)25)26-21-27-22(31)29(12-11-28(3)4)23(32)30(21)14-16-5-7-17(24)8-6-16/h5-10,13,15H,11-12,14H2,1-4H3,(H,26,27,31). The van der Waals surface area contributed by atoms with Crippen molar-refractivity contribution in [1.82, 2.24) is 19.0 Å². The summed E-state index contributed by atoms with van der Waals surface area (Å²) in [7, 11) is 3.70. The average Bonchev–Trinajstić information content (AvgIpc) is 2.73. The Kier molecular flexibility index (Phi) is 7.88. The zero-order valence-corrected chi connectivity index (χ0v) is 19.8. The van der Waals surface area contributed by atoms with E-state index in [1.54, 1.807) is 44.2 Å². The van der Waals surface area contributed by atoms with Crippen LogP contribution in [0.15, 0.2) is 52.1 Å². The van der Waals surface area contributed by atoms with Crippen molar-refractivity contribution in [3.63, 3.8) is 0 Å². The Morgan fingerprint density at radius 1 is 1.12 bits per heavy atom. The summed E-state index contributed by atoms with van der Waals surface area (Å²) in [4.78, 5) is 31.8. The number of nitrogens with one attached hydrogen (secondary N) is 1. The van der Waals surface area contributed by atoms with Gasteiger partial charge < -0.3 is 15.0 Å². The molecular weight excluding hydrogens is 449 g/mol. The van der Waals surface area contributed by atoms with Crippen LogP contribution in [0.2, 0.25) is 5.02 Å². The third-order valence-electron chi connectivity index (χ3n) is 4.73. The number of ether oxygens (including phenoxy) is 1. The minimum Gasteiger partial charge on any atom is -0.488 e. The first kappa shape index (κ1) is 24.5. The second-order valence-electron chi connectivity index (χ2n) is 8.10. The fourth-order valence-electron chi connectivity index (χ4n) is 3.09. The Balaban J connectivity index is 2.02. The van der Waals surface area contributed by atoms with E-state index in [0.717, 1.165) is 10.1 Å². The molecule has 33 heavy (non-hydrogen) atoms. The van der Waals surface area contributed by atoms with Gasteiger partial charge in [0.1, 0.15) is 0 Å². The minimum atomic E-state index is -0.683. The first-order valence-corrected chi connectivity index (χ1v) is 10.9. The van der Waals surface area contributed by atoms with E-state index in [2.05, 4.69) is 10.3 Å². The van der Waals surface area contributed by atoms with E-state index in [4.69, 9.17) is 16.3 Å². The van der Waals surface area contributed by atoms with Crippen molar-refractivity contribution in [3.8, 4) is 5.75 Å². The van der Waals surface area contributed by atoms with Crippen LogP contribution in [0.3, 0.4) is 0 Å². The fraction of sp³-hybridized carbons (Fsp3) is 0.348. The molecular formula is C23H27ClFN5O3. The maximum absolute atomic E-state index is 14.5. The topological polar surface area (TPSA) is 81.4 Å². The van der Waals surface area contributed by atoms with Gasteiger partial charge in [-0.25, -0.2) is 18.5 Å². The number of benzene rings is 2. The van der Waals surface area contributed by atoms with Gasteiger partial charge in [0.05, 0.1) is 12.6 Å². The normalized spacial score (nSPS) is 11.3. The number of anilines is 2. The Morgan fingerprint density at radius 2 is 1.82 bits per heavy atom. The maximum Gasteiger partial charge on any atom is 0.354 e. The lowest BCUT2D eigenvalue weighted by molar-refractivity contribution is 0.231. The van der Waals surface area contributed by atoms with Crippen LogP contribution in [0.4, 0.5) is 16.0 Å². The van der Waals surface area contributed by atoms with Gasteiger partial charge >= 0.3 is 11.4 Å². The molecule has 0 atom stereocenters. The van der Waals surface area contributed by atoms with E-state index in [1.807, 2.05) is 19.0 Å². The number of rotatable bonds is 9. The predicted molar refractivity (Wildman–Crippen MR) is 127 cm³/mol. The van der Waals surface area contributed by atoms with Crippen LogP contribution >= 0.6 is 11.6 Å². The van der Waals surface area contributed by atoms with E-state index >= 15 is 0 Å². The number of likely N-dealkylation sites (N-methyl/N-ethyl adjacent to an activating group) is 1. The summed E-state index contributed by atoms with van der Waals surface area (Å²) in [5.74, 6) is -0.446. The van der Waals surface area contributed by atoms with Crippen LogP contribution in [0.5, 0.6) is 5.75 Å². The van der Waals surface area contributed by atoms with Gasteiger partial charge in [0, 0.05) is 29.9 Å². The highest BCUT2D eigenvalue weighted by atomic mass is 35.5. The largest absolute Gasteiger partial charge is 0.488 e. The molecule has 0 bridgehead atoms. The summed E-state index contributed by atoms with van der Waals surface area (Å²) in [6, 6.07) is 11.3. The lowest BCUT2D eigenvalue weighted by Gasteiger charge is -2.17. The van der Waals surface area contributed by atoms with Crippen molar-refractivity contribution in [2.24, 2.45) is 0 Å². The van der Waals surface area contributed by atoms with E-state index in [1.165, 1.54) is 16.7 Å². The number of halogens is 2. The van der Waals surface area contributed by atoms with Gasteiger partial charge in [-0.2, -0.15) is 4.98 Å². The Bertz CT molecular complexity index is 1220.